The zero-order valence-corrected chi connectivity index (χ0v) is 15.0. The molecule has 2 heteroatoms. The summed E-state index contributed by atoms with van der Waals surface area (Å²) < 4.78 is 1.33. The molecular formula is C22H21NS. The third-order valence-corrected chi connectivity index (χ3v) is 5.79. The molecule has 0 saturated carbocycles. The van der Waals surface area contributed by atoms with E-state index in [0.29, 0.717) is 5.92 Å². The quantitative estimate of drug-likeness (QED) is 0.525. The Morgan fingerprint density at radius 2 is 1.96 bits per heavy atom. The second-order valence-electron chi connectivity index (χ2n) is 6.73. The number of anilines is 1. The summed E-state index contributed by atoms with van der Waals surface area (Å²) >= 11 is 1.78. The van der Waals surface area contributed by atoms with Crippen molar-refractivity contribution in [1.82, 2.24) is 0 Å². The van der Waals surface area contributed by atoms with Gasteiger partial charge in [0.25, 0.3) is 0 Å². The maximum atomic E-state index is 4.37. The van der Waals surface area contributed by atoms with Gasteiger partial charge in [-0.15, -0.1) is 11.3 Å². The monoisotopic (exact) mass is 331 g/mol. The topological polar surface area (TPSA) is 3.24 Å². The first-order valence-corrected chi connectivity index (χ1v) is 9.19. The Balaban J connectivity index is 1.70. The SMILES string of the molecule is C=C(c1ccc2c(c1)C(=C)N(c1ccc3sccc3c1)C2)C(C)C. The lowest BCUT2D eigenvalue weighted by Crippen LogP contribution is -2.12. The van der Waals surface area contributed by atoms with Gasteiger partial charge in [-0.1, -0.05) is 39.1 Å². The average Bonchev–Trinajstić information content (AvgIpc) is 3.17. The minimum absolute atomic E-state index is 0.454. The van der Waals surface area contributed by atoms with E-state index in [-0.39, 0.29) is 0 Å². The molecule has 3 aromatic rings. The van der Waals surface area contributed by atoms with Crippen molar-refractivity contribution < 1.29 is 0 Å². The smallest absolute Gasteiger partial charge is 0.0488 e. The van der Waals surface area contributed by atoms with E-state index in [0.717, 1.165) is 12.2 Å². The normalized spacial score (nSPS) is 13.8. The Morgan fingerprint density at radius 1 is 1.12 bits per heavy atom. The Bertz CT molecular complexity index is 961. The molecule has 0 unspecified atom stereocenters. The Hall–Kier alpha value is -2.32. The fourth-order valence-corrected chi connectivity index (χ4v) is 4.07. The molecule has 1 nitrogen and oxygen atoms in total. The summed E-state index contributed by atoms with van der Waals surface area (Å²) in [4.78, 5) is 2.31. The summed E-state index contributed by atoms with van der Waals surface area (Å²) in [6, 6.07) is 15.5. The lowest BCUT2D eigenvalue weighted by atomic mass is 9.94. The summed E-state index contributed by atoms with van der Waals surface area (Å²) in [7, 11) is 0. The fraction of sp³-hybridized carbons (Fsp3) is 0.182. The molecule has 0 spiro atoms. The van der Waals surface area contributed by atoms with Gasteiger partial charge in [-0.05, 0) is 63.7 Å². The number of rotatable bonds is 3. The highest BCUT2D eigenvalue weighted by molar-refractivity contribution is 7.17. The first-order valence-electron chi connectivity index (χ1n) is 8.31. The van der Waals surface area contributed by atoms with Gasteiger partial charge >= 0.3 is 0 Å². The molecule has 0 aliphatic carbocycles. The van der Waals surface area contributed by atoms with E-state index < -0.39 is 0 Å². The molecule has 1 aromatic heterocycles. The van der Waals surface area contributed by atoms with Gasteiger partial charge in [-0.25, -0.2) is 0 Å². The van der Waals surface area contributed by atoms with Crippen LogP contribution in [0, 0.1) is 5.92 Å². The summed E-state index contributed by atoms with van der Waals surface area (Å²) in [5.41, 5.74) is 7.29. The van der Waals surface area contributed by atoms with Crippen LogP contribution < -0.4 is 4.90 Å². The number of benzene rings is 2. The van der Waals surface area contributed by atoms with Crippen LogP contribution in [-0.4, -0.2) is 0 Å². The predicted octanol–water partition coefficient (Wildman–Crippen LogP) is 6.56. The highest BCUT2D eigenvalue weighted by atomic mass is 32.1. The van der Waals surface area contributed by atoms with Crippen LogP contribution in [0.3, 0.4) is 0 Å². The molecule has 2 aromatic carbocycles. The summed E-state index contributed by atoms with van der Waals surface area (Å²) in [6.45, 7) is 13.9. The van der Waals surface area contributed by atoms with Gasteiger partial charge in [0.05, 0.1) is 0 Å². The summed E-state index contributed by atoms with van der Waals surface area (Å²) in [5, 5.41) is 3.45. The third-order valence-electron chi connectivity index (χ3n) is 4.89. The first kappa shape index (κ1) is 15.2. The van der Waals surface area contributed by atoms with Crippen LogP contribution in [0.1, 0.15) is 30.5 Å². The molecule has 0 saturated heterocycles. The molecule has 4 rings (SSSR count). The van der Waals surface area contributed by atoms with E-state index in [1.807, 2.05) is 0 Å². The van der Waals surface area contributed by atoms with Gasteiger partial charge in [0.15, 0.2) is 0 Å². The number of hydrogen-bond donors (Lipinski definition) is 0. The van der Waals surface area contributed by atoms with E-state index in [4.69, 9.17) is 0 Å². The Kier molecular flexibility index (Phi) is 3.58. The lowest BCUT2D eigenvalue weighted by Gasteiger charge is -2.19. The minimum atomic E-state index is 0.454. The molecule has 120 valence electrons. The van der Waals surface area contributed by atoms with Crippen LogP contribution in [0.2, 0.25) is 0 Å². The minimum Gasteiger partial charge on any atom is -0.337 e. The van der Waals surface area contributed by atoms with E-state index in [2.05, 4.69) is 79.7 Å². The van der Waals surface area contributed by atoms with Gasteiger partial charge in [0, 0.05) is 28.2 Å². The molecule has 0 fully saturated rings. The molecule has 0 amide bonds. The second kappa shape index (κ2) is 5.64. The van der Waals surface area contributed by atoms with Gasteiger partial charge in [0.2, 0.25) is 0 Å². The van der Waals surface area contributed by atoms with Crippen LogP contribution in [0.5, 0.6) is 0 Å². The van der Waals surface area contributed by atoms with Crippen LogP contribution >= 0.6 is 11.3 Å². The van der Waals surface area contributed by atoms with Crippen molar-refractivity contribution in [2.24, 2.45) is 5.92 Å². The first-order chi connectivity index (χ1) is 11.5. The second-order valence-corrected chi connectivity index (χ2v) is 7.68. The Labute approximate surface area is 147 Å². The van der Waals surface area contributed by atoms with E-state index in [9.17, 15) is 0 Å². The molecule has 0 radical (unpaired) electrons. The van der Waals surface area contributed by atoms with Crippen LogP contribution in [-0.2, 0) is 6.54 Å². The van der Waals surface area contributed by atoms with Crippen molar-refractivity contribution in [3.05, 3.63) is 77.7 Å². The fourth-order valence-electron chi connectivity index (χ4n) is 3.30. The number of fused-ring (bicyclic) bond motifs is 2. The van der Waals surface area contributed by atoms with E-state index in [1.54, 1.807) is 11.3 Å². The molecule has 0 N–H and O–H groups in total. The molecule has 0 bridgehead atoms. The molecule has 1 aliphatic heterocycles. The predicted molar refractivity (Wildman–Crippen MR) is 107 cm³/mol. The highest BCUT2D eigenvalue weighted by Crippen LogP contribution is 2.39. The van der Waals surface area contributed by atoms with Crippen LogP contribution in [0.25, 0.3) is 21.4 Å². The summed E-state index contributed by atoms with van der Waals surface area (Å²) in [5.74, 6) is 0.454. The van der Waals surface area contributed by atoms with Gasteiger partial charge in [-0.3, -0.25) is 0 Å². The standard InChI is InChI=1S/C22H21NS/c1-14(2)15(3)17-5-6-19-13-23(16(4)21(19)12-17)20-7-8-22-18(11-20)9-10-24-22/h5-12,14H,3-4,13H2,1-2H3. The van der Waals surface area contributed by atoms with Crippen molar-refractivity contribution >= 4 is 38.4 Å². The zero-order chi connectivity index (χ0) is 16.8. The molecule has 2 heterocycles. The van der Waals surface area contributed by atoms with Crippen molar-refractivity contribution in [2.45, 2.75) is 20.4 Å². The van der Waals surface area contributed by atoms with Crippen LogP contribution in [0.15, 0.2) is 61.0 Å². The van der Waals surface area contributed by atoms with E-state index >= 15 is 0 Å². The number of allylic oxidation sites excluding steroid dienone is 1. The van der Waals surface area contributed by atoms with Gasteiger partial charge in [0.1, 0.15) is 0 Å². The number of thiophene rings is 1. The largest absolute Gasteiger partial charge is 0.337 e. The van der Waals surface area contributed by atoms with Crippen molar-refractivity contribution in [3.8, 4) is 0 Å². The van der Waals surface area contributed by atoms with Crippen molar-refractivity contribution in [1.29, 1.82) is 0 Å². The van der Waals surface area contributed by atoms with Crippen LogP contribution in [0.4, 0.5) is 5.69 Å². The Morgan fingerprint density at radius 3 is 2.75 bits per heavy atom. The molecule has 1 aliphatic rings. The average molecular weight is 331 g/mol. The van der Waals surface area contributed by atoms with Crippen molar-refractivity contribution in [2.75, 3.05) is 4.90 Å². The number of hydrogen-bond acceptors (Lipinski definition) is 2. The van der Waals surface area contributed by atoms with E-state index in [1.165, 1.54) is 38.0 Å². The maximum absolute atomic E-state index is 4.37. The highest BCUT2D eigenvalue weighted by Gasteiger charge is 2.24. The van der Waals surface area contributed by atoms with Crippen molar-refractivity contribution in [3.63, 3.8) is 0 Å². The number of nitrogens with zero attached hydrogens (tertiary/aromatic N) is 1. The zero-order valence-electron chi connectivity index (χ0n) is 14.2. The molecule has 0 atom stereocenters. The molecular weight excluding hydrogens is 310 g/mol. The third kappa shape index (κ3) is 2.38. The lowest BCUT2D eigenvalue weighted by molar-refractivity contribution is 0.857. The summed E-state index contributed by atoms with van der Waals surface area (Å²) in [6.07, 6.45) is 0. The maximum Gasteiger partial charge on any atom is 0.0488 e. The van der Waals surface area contributed by atoms with Gasteiger partial charge in [-0.2, -0.15) is 0 Å². The van der Waals surface area contributed by atoms with Gasteiger partial charge < -0.3 is 4.90 Å². The molecule has 24 heavy (non-hydrogen) atoms.